The first-order valence-electron chi connectivity index (χ1n) is 14.8. The number of Topliss-reactive ketones (excluding diaryl/α,β-unsaturated/α-hetero) is 1. The van der Waals surface area contributed by atoms with Crippen LogP contribution in [0.5, 0.6) is 0 Å². The van der Waals surface area contributed by atoms with E-state index in [0.29, 0.717) is 0 Å². The summed E-state index contributed by atoms with van der Waals surface area (Å²) in [4.78, 5) is 14.3. The summed E-state index contributed by atoms with van der Waals surface area (Å²) in [6, 6.07) is 28.2. The molecule has 2 heterocycles. The van der Waals surface area contributed by atoms with E-state index < -0.39 is 44.1 Å². The van der Waals surface area contributed by atoms with E-state index in [-0.39, 0.29) is 35.0 Å². The van der Waals surface area contributed by atoms with Gasteiger partial charge in [0.05, 0.1) is 21.9 Å². The first kappa shape index (κ1) is 30.4. The average molecular weight is 629 g/mol. The van der Waals surface area contributed by atoms with Crippen molar-refractivity contribution in [1.29, 1.82) is 0 Å². The summed E-state index contributed by atoms with van der Waals surface area (Å²) in [6.45, 7) is 5.64. The van der Waals surface area contributed by atoms with Crippen molar-refractivity contribution >= 4 is 25.8 Å². The number of sulfonamides is 2. The lowest BCUT2D eigenvalue weighted by molar-refractivity contribution is -0.132. The van der Waals surface area contributed by atoms with Crippen LogP contribution in [0, 0.1) is 26.7 Å². The summed E-state index contributed by atoms with van der Waals surface area (Å²) < 4.78 is 60.5. The summed E-state index contributed by atoms with van der Waals surface area (Å²) in [5.74, 6) is -0.955. The topological polar surface area (TPSA) is 91.8 Å². The molecule has 0 aliphatic carbocycles. The van der Waals surface area contributed by atoms with Crippen molar-refractivity contribution in [3.05, 3.63) is 131 Å². The molecule has 6 rings (SSSR count). The van der Waals surface area contributed by atoms with Crippen molar-refractivity contribution in [2.24, 2.45) is 5.92 Å². The number of piperidine rings is 2. The van der Waals surface area contributed by atoms with Crippen LogP contribution in [0.2, 0.25) is 0 Å². The highest BCUT2D eigenvalue weighted by atomic mass is 32.2. The largest absolute Gasteiger partial charge is 0.299 e. The zero-order valence-electron chi connectivity index (χ0n) is 25.0. The molecule has 2 unspecified atom stereocenters. The van der Waals surface area contributed by atoms with E-state index in [1.165, 1.54) is 8.61 Å². The van der Waals surface area contributed by atoms with Crippen LogP contribution in [0.15, 0.2) is 113 Å². The van der Waals surface area contributed by atoms with E-state index in [1.54, 1.807) is 48.5 Å². The molecule has 4 atom stereocenters. The first-order valence-corrected chi connectivity index (χ1v) is 17.7. The molecule has 44 heavy (non-hydrogen) atoms. The molecule has 2 fully saturated rings. The van der Waals surface area contributed by atoms with E-state index in [1.807, 2.05) is 75.4 Å². The Hall–Kier alpha value is -3.63. The summed E-state index contributed by atoms with van der Waals surface area (Å²) in [7, 11) is -8.10. The van der Waals surface area contributed by atoms with Crippen molar-refractivity contribution in [2.45, 2.75) is 61.5 Å². The van der Waals surface area contributed by atoms with Gasteiger partial charge in [0.25, 0.3) is 0 Å². The number of benzene rings is 4. The third-order valence-corrected chi connectivity index (χ3v) is 12.8. The molecule has 2 saturated heterocycles. The number of fused-ring (bicyclic) bond motifs is 1. The lowest BCUT2D eigenvalue weighted by atomic mass is 9.77. The normalized spacial score (nSPS) is 23.3. The van der Waals surface area contributed by atoms with Gasteiger partial charge in [-0.2, -0.15) is 8.61 Å². The van der Waals surface area contributed by atoms with Crippen molar-refractivity contribution in [3.8, 4) is 0 Å². The second-order valence-corrected chi connectivity index (χ2v) is 15.7. The van der Waals surface area contributed by atoms with Crippen LogP contribution in [0.25, 0.3) is 0 Å². The summed E-state index contributed by atoms with van der Waals surface area (Å²) in [5, 5.41) is 0. The van der Waals surface area contributed by atoms with Gasteiger partial charge in [0, 0.05) is 24.9 Å². The van der Waals surface area contributed by atoms with Gasteiger partial charge >= 0.3 is 0 Å². The minimum absolute atomic E-state index is 0.0380. The monoisotopic (exact) mass is 628 g/mol. The predicted molar refractivity (Wildman–Crippen MR) is 170 cm³/mol. The molecule has 0 bridgehead atoms. The molecule has 0 spiro atoms. The van der Waals surface area contributed by atoms with Crippen LogP contribution in [0.1, 0.15) is 52.7 Å². The second kappa shape index (κ2) is 11.7. The van der Waals surface area contributed by atoms with Gasteiger partial charge in [-0.05, 0) is 62.6 Å². The van der Waals surface area contributed by atoms with E-state index in [9.17, 15) is 21.6 Å². The Bertz CT molecular complexity index is 1870. The number of hydrogen-bond donors (Lipinski definition) is 0. The lowest BCUT2D eigenvalue weighted by Crippen LogP contribution is -2.60. The molecule has 0 amide bonds. The van der Waals surface area contributed by atoms with Gasteiger partial charge in [-0.25, -0.2) is 16.8 Å². The van der Waals surface area contributed by atoms with Gasteiger partial charge in [-0.15, -0.1) is 0 Å². The van der Waals surface area contributed by atoms with Gasteiger partial charge in [-0.3, -0.25) is 4.79 Å². The molecule has 0 radical (unpaired) electrons. The summed E-state index contributed by atoms with van der Waals surface area (Å²) >= 11 is 0. The molecule has 9 heteroatoms. The maximum atomic E-state index is 14.6. The number of carbonyl (C=O) groups is 1. The van der Waals surface area contributed by atoms with E-state index in [2.05, 4.69) is 0 Å². The Morgan fingerprint density at radius 2 is 1.07 bits per heavy atom. The van der Waals surface area contributed by atoms with Crippen molar-refractivity contribution < 1.29 is 21.6 Å². The van der Waals surface area contributed by atoms with Gasteiger partial charge in [0.15, 0.2) is 0 Å². The van der Waals surface area contributed by atoms with E-state index >= 15 is 0 Å². The molecule has 2 aliphatic rings. The number of rotatable bonds is 6. The van der Waals surface area contributed by atoms with Crippen LogP contribution >= 0.6 is 0 Å². The van der Waals surface area contributed by atoms with Crippen LogP contribution < -0.4 is 0 Å². The standard InChI is InChI=1S/C35H36N2O5S2/c1-24-9-15-28(16-10-24)33-22-35(38)31-23-36(43(39,40)29-17-11-25(2)12-18-29)32(27-7-5-4-6-8-27)21-34(31)37(33)44(41,42)30-19-13-26(3)14-20-30/h4-20,31-34H,21-23H2,1-3H3/t31-,32?,33?,34+/m1/s1. The highest BCUT2D eigenvalue weighted by Crippen LogP contribution is 2.48. The molecule has 2 aliphatic heterocycles. The zero-order chi connectivity index (χ0) is 31.2. The van der Waals surface area contributed by atoms with Crippen molar-refractivity contribution in [3.63, 3.8) is 0 Å². The zero-order valence-corrected chi connectivity index (χ0v) is 26.6. The quantitative estimate of drug-likeness (QED) is 0.256. The number of hydrogen-bond acceptors (Lipinski definition) is 5. The van der Waals surface area contributed by atoms with Gasteiger partial charge in [0.1, 0.15) is 5.78 Å². The fourth-order valence-corrected chi connectivity index (χ4v) is 10.0. The molecule has 7 nitrogen and oxygen atoms in total. The van der Waals surface area contributed by atoms with Crippen LogP contribution in [-0.4, -0.2) is 43.8 Å². The lowest BCUT2D eigenvalue weighted by Gasteiger charge is -2.51. The Morgan fingerprint density at radius 3 is 1.61 bits per heavy atom. The number of carbonyl (C=O) groups excluding carboxylic acids is 1. The van der Waals surface area contributed by atoms with Crippen molar-refractivity contribution in [1.82, 2.24) is 8.61 Å². The average Bonchev–Trinajstić information content (AvgIpc) is 3.01. The van der Waals surface area contributed by atoms with Crippen LogP contribution in [-0.2, 0) is 24.8 Å². The number of aryl methyl sites for hydroxylation is 3. The summed E-state index contributed by atoms with van der Waals surface area (Å²) in [5.41, 5.74) is 4.39. The predicted octanol–water partition coefficient (Wildman–Crippen LogP) is 6.14. The SMILES string of the molecule is Cc1ccc(C2CC(=O)[C@@H]3CN(S(=O)(=O)c4ccc(C)cc4)C(c4ccccc4)C[C@@H]3N2S(=O)(=O)c2ccc(C)cc2)cc1. The van der Waals surface area contributed by atoms with Gasteiger partial charge < -0.3 is 0 Å². The minimum Gasteiger partial charge on any atom is -0.299 e. The fourth-order valence-electron chi connectivity index (χ4n) is 6.53. The van der Waals surface area contributed by atoms with Gasteiger partial charge in [0.2, 0.25) is 20.0 Å². The molecule has 4 aromatic carbocycles. The Morgan fingerprint density at radius 1 is 0.591 bits per heavy atom. The maximum absolute atomic E-state index is 14.6. The van der Waals surface area contributed by atoms with Crippen LogP contribution in [0.4, 0.5) is 0 Å². The maximum Gasteiger partial charge on any atom is 0.243 e. The molecule has 0 N–H and O–H groups in total. The Labute approximate surface area is 260 Å². The first-order chi connectivity index (χ1) is 21.0. The molecule has 228 valence electrons. The highest BCUT2D eigenvalue weighted by Gasteiger charge is 2.54. The third-order valence-electron chi connectivity index (χ3n) is 8.97. The minimum atomic E-state index is -4.08. The molecule has 4 aromatic rings. The number of ketones is 1. The highest BCUT2D eigenvalue weighted by molar-refractivity contribution is 7.89. The van der Waals surface area contributed by atoms with Crippen molar-refractivity contribution in [2.75, 3.05) is 6.54 Å². The number of nitrogens with zero attached hydrogens (tertiary/aromatic N) is 2. The molecular weight excluding hydrogens is 593 g/mol. The van der Waals surface area contributed by atoms with E-state index in [0.717, 1.165) is 27.8 Å². The molecule has 0 saturated carbocycles. The summed E-state index contributed by atoms with van der Waals surface area (Å²) in [6.07, 6.45) is 0.0999. The van der Waals surface area contributed by atoms with Gasteiger partial charge in [-0.1, -0.05) is 95.6 Å². The fraction of sp³-hybridized carbons (Fsp3) is 0.286. The molecule has 0 aromatic heterocycles. The third kappa shape index (κ3) is 5.54. The Balaban J connectivity index is 1.50. The second-order valence-electron chi connectivity index (χ2n) is 12.0. The Kier molecular flexibility index (Phi) is 8.09. The van der Waals surface area contributed by atoms with Crippen LogP contribution in [0.3, 0.4) is 0 Å². The van der Waals surface area contributed by atoms with E-state index in [4.69, 9.17) is 0 Å². The molecular formula is C35H36N2O5S2. The smallest absolute Gasteiger partial charge is 0.243 e.